The molecule has 158 valence electrons. The van der Waals surface area contributed by atoms with Crippen molar-refractivity contribution in [2.45, 2.75) is 24.7 Å². The number of rotatable bonds is 6. The van der Waals surface area contributed by atoms with Gasteiger partial charge < -0.3 is 10.2 Å². The average molecular weight is 427 g/mol. The first-order chi connectivity index (χ1) is 14.4. The predicted molar refractivity (Wildman–Crippen MR) is 118 cm³/mol. The van der Waals surface area contributed by atoms with E-state index >= 15 is 0 Å². The molecule has 0 saturated carbocycles. The summed E-state index contributed by atoms with van der Waals surface area (Å²) in [5.74, 6) is -0.291. The van der Waals surface area contributed by atoms with Crippen LogP contribution in [0, 0.1) is 5.92 Å². The number of amides is 2. The van der Waals surface area contributed by atoms with Gasteiger partial charge >= 0.3 is 0 Å². The fraction of sp³-hybridized carbons (Fsp3) is 0.304. The van der Waals surface area contributed by atoms with Gasteiger partial charge in [0.2, 0.25) is 11.8 Å². The highest BCUT2D eigenvalue weighted by Crippen LogP contribution is 2.21. The molecular formula is C23H26N2O4S. The van der Waals surface area contributed by atoms with Crippen LogP contribution in [0.4, 0.5) is 5.69 Å². The Kier molecular flexibility index (Phi) is 7.05. The van der Waals surface area contributed by atoms with Gasteiger partial charge in [-0.2, -0.15) is 0 Å². The first-order valence-electron chi connectivity index (χ1n) is 10.0. The second kappa shape index (κ2) is 9.71. The van der Waals surface area contributed by atoms with Crippen LogP contribution in [-0.4, -0.2) is 44.0 Å². The van der Waals surface area contributed by atoms with Gasteiger partial charge in [-0.15, -0.1) is 0 Å². The summed E-state index contributed by atoms with van der Waals surface area (Å²) < 4.78 is 23.7. The monoisotopic (exact) mass is 426 g/mol. The fourth-order valence-electron chi connectivity index (χ4n) is 3.36. The summed E-state index contributed by atoms with van der Waals surface area (Å²) in [7, 11) is -3.26. The summed E-state index contributed by atoms with van der Waals surface area (Å²) >= 11 is 0. The van der Waals surface area contributed by atoms with Crippen molar-refractivity contribution in [1.82, 2.24) is 4.90 Å². The predicted octanol–water partition coefficient (Wildman–Crippen LogP) is 3.37. The summed E-state index contributed by atoms with van der Waals surface area (Å²) in [6.07, 6.45) is 4.56. The lowest BCUT2D eigenvalue weighted by Gasteiger charge is -2.30. The highest BCUT2D eigenvalue weighted by Gasteiger charge is 2.26. The van der Waals surface area contributed by atoms with Crippen molar-refractivity contribution in [2.24, 2.45) is 5.92 Å². The SMILES string of the molecule is CCS(=O)(=O)c1ccc(NC(=O)C2CCN(C(=O)/C=C/c3ccccc3)CC2)cc1. The lowest BCUT2D eigenvalue weighted by molar-refractivity contribution is -0.130. The molecule has 0 atom stereocenters. The zero-order valence-electron chi connectivity index (χ0n) is 17.0. The van der Waals surface area contributed by atoms with Crippen LogP contribution in [-0.2, 0) is 19.4 Å². The van der Waals surface area contributed by atoms with Gasteiger partial charge in [0.05, 0.1) is 10.6 Å². The molecule has 0 bridgehead atoms. The van der Waals surface area contributed by atoms with Crippen molar-refractivity contribution >= 4 is 33.4 Å². The largest absolute Gasteiger partial charge is 0.339 e. The zero-order chi connectivity index (χ0) is 21.6. The van der Waals surface area contributed by atoms with Crippen LogP contribution >= 0.6 is 0 Å². The number of nitrogens with zero attached hydrogens (tertiary/aromatic N) is 1. The number of hydrogen-bond acceptors (Lipinski definition) is 4. The van der Waals surface area contributed by atoms with Crippen LogP contribution < -0.4 is 5.32 Å². The van der Waals surface area contributed by atoms with E-state index in [-0.39, 0.29) is 28.4 Å². The molecule has 0 aromatic heterocycles. The quantitative estimate of drug-likeness (QED) is 0.718. The van der Waals surface area contributed by atoms with Crippen molar-refractivity contribution in [3.63, 3.8) is 0 Å². The maximum atomic E-state index is 12.5. The van der Waals surface area contributed by atoms with E-state index in [0.29, 0.717) is 31.6 Å². The standard InChI is InChI=1S/C23H26N2O4S/c1-2-30(28,29)21-11-9-20(10-12-21)24-23(27)19-14-16-25(17-15-19)22(26)13-8-18-6-4-3-5-7-18/h3-13,19H,2,14-17H2,1H3,(H,24,27)/b13-8+. The maximum absolute atomic E-state index is 12.5. The van der Waals surface area contributed by atoms with Crippen molar-refractivity contribution in [3.05, 3.63) is 66.2 Å². The van der Waals surface area contributed by atoms with Gasteiger partial charge in [-0.25, -0.2) is 8.42 Å². The normalized spacial score (nSPS) is 15.3. The minimum atomic E-state index is -3.26. The average Bonchev–Trinajstić information content (AvgIpc) is 2.78. The molecule has 0 radical (unpaired) electrons. The third-order valence-electron chi connectivity index (χ3n) is 5.26. The van der Waals surface area contributed by atoms with Crippen molar-refractivity contribution in [2.75, 3.05) is 24.2 Å². The van der Waals surface area contributed by atoms with Crippen LogP contribution in [0.15, 0.2) is 65.6 Å². The lowest BCUT2D eigenvalue weighted by Crippen LogP contribution is -2.40. The number of hydrogen-bond donors (Lipinski definition) is 1. The third kappa shape index (κ3) is 5.57. The number of benzene rings is 2. The Balaban J connectivity index is 1.50. The number of piperidine rings is 1. The van der Waals surface area contributed by atoms with E-state index in [1.165, 1.54) is 12.1 Å². The van der Waals surface area contributed by atoms with Crippen molar-refractivity contribution in [3.8, 4) is 0 Å². The summed E-state index contributed by atoms with van der Waals surface area (Å²) in [5.41, 5.74) is 1.54. The van der Waals surface area contributed by atoms with Gasteiger partial charge in [-0.05, 0) is 48.7 Å². The number of carbonyl (C=O) groups excluding carboxylic acids is 2. The molecule has 2 amide bonds. The number of anilines is 1. The molecule has 1 aliphatic heterocycles. The molecule has 1 saturated heterocycles. The van der Waals surface area contributed by atoms with E-state index < -0.39 is 9.84 Å². The minimum absolute atomic E-state index is 0.0382. The molecule has 6 nitrogen and oxygen atoms in total. The van der Waals surface area contributed by atoms with Gasteiger partial charge in [-0.1, -0.05) is 37.3 Å². The molecule has 0 spiro atoms. The second-order valence-corrected chi connectivity index (χ2v) is 9.54. The molecule has 0 aliphatic carbocycles. The molecule has 2 aromatic rings. The van der Waals surface area contributed by atoms with E-state index in [1.807, 2.05) is 30.3 Å². The van der Waals surface area contributed by atoms with Gasteiger partial charge in [0.1, 0.15) is 0 Å². The first-order valence-corrected chi connectivity index (χ1v) is 11.7. The lowest BCUT2D eigenvalue weighted by atomic mass is 9.95. The van der Waals surface area contributed by atoms with Gasteiger partial charge in [0, 0.05) is 30.8 Å². The maximum Gasteiger partial charge on any atom is 0.246 e. The number of likely N-dealkylation sites (tertiary alicyclic amines) is 1. The molecule has 2 aromatic carbocycles. The fourth-order valence-corrected chi connectivity index (χ4v) is 4.24. The highest BCUT2D eigenvalue weighted by molar-refractivity contribution is 7.91. The topological polar surface area (TPSA) is 83.6 Å². The van der Waals surface area contributed by atoms with Gasteiger partial charge in [0.15, 0.2) is 9.84 Å². The number of sulfone groups is 1. The van der Waals surface area contributed by atoms with Gasteiger partial charge in [-0.3, -0.25) is 9.59 Å². The summed E-state index contributed by atoms with van der Waals surface area (Å²) in [5, 5.41) is 2.85. The summed E-state index contributed by atoms with van der Waals surface area (Å²) in [6.45, 7) is 2.66. The van der Waals surface area contributed by atoms with E-state index in [4.69, 9.17) is 0 Å². The molecule has 3 rings (SSSR count). The molecule has 1 aliphatic rings. The van der Waals surface area contributed by atoms with Crippen LogP contribution in [0.5, 0.6) is 0 Å². The molecular weight excluding hydrogens is 400 g/mol. The Morgan fingerprint density at radius 1 is 1.03 bits per heavy atom. The smallest absolute Gasteiger partial charge is 0.246 e. The molecule has 1 N–H and O–H groups in total. The molecule has 7 heteroatoms. The van der Waals surface area contributed by atoms with E-state index in [0.717, 1.165) is 5.56 Å². The number of carbonyl (C=O) groups is 2. The van der Waals surface area contributed by atoms with Crippen LogP contribution in [0.25, 0.3) is 6.08 Å². The Bertz CT molecular complexity index is 1010. The molecule has 30 heavy (non-hydrogen) atoms. The highest BCUT2D eigenvalue weighted by atomic mass is 32.2. The molecule has 0 unspecified atom stereocenters. The Hall–Kier alpha value is -2.93. The summed E-state index contributed by atoms with van der Waals surface area (Å²) in [6, 6.07) is 15.9. The Morgan fingerprint density at radius 2 is 1.67 bits per heavy atom. The van der Waals surface area contributed by atoms with Crippen LogP contribution in [0.2, 0.25) is 0 Å². The third-order valence-corrected chi connectivity index (χ3v) is 7.01. The summed E-state index contributed by atoms with van der Waals surface area (Å²) in [4.78, 5) is 26.9. The van der Waals surface area contributed by atoms with E-state index in [9.17, 15) is 18.0 Å². The first kappa shape index (κ1) is 21.8. The van der Waals surface area contributed by atoms with E-state index in [2.05, 4.69) is 5.32 Å². The zero-order valence-corrected chi connectivity index (χ0v) is 17.8. The van der Waals surface area contributed by atoms with Gasteiger partial charge in [0.25, 0.3) is 0 Å². The van der Waals surface area contributed by atoms with Crippen LogP contribution in [0.1, 0.15) is 25.3 Å². The van der Waals surface area contributed by atoms with E-state index in [1.54, 1.807) is 36.1 Å². The Labute approximate surface area is 177 Å². The molecule has 1 fully saturated rings. The van der Waals surface area contributed by atoms with Crippen molar-refractivity contribution in [1.29, 1.82) is 0 Å². The minimum Gasteiger partial charge on any atom is -0.339 e. The van der Waals surface area contributed by atoms with Crippen LogP contribution in [0.3, 0.4) is 0 Å². The van der Waals surface area contributed by atoms with Crippen molar-refractivity contribution < 1.29 is 18.0 Å². The second-order valence-electron chi connectivity index (χ2n) is 7.26. The number of nitrogens with one attached hydrogen (secondary N) is 1. The Morgan fingerprint density at radius 3 is 2.27 bits per heavy atom. The molecule has 1 heterocycles.